The van der Waals surface area contributed by atoms with E-state index < -0.39 is 0 Å². The zero-order valence-corrected chi connectivity index (χ0v) is 10.9. The van der Waals surface area contributed by atoms with E-state index in [4.69, 9.17) is 4.74 Å². The molecule has 1 atom stereocenters. The molecule has 0 amide bonds. The summed E-state index contributed by atoms with van der Waals surface area (Å²) in [5.74, 6) is 2.51. The number of aromatic nitrogens is 3. The highest BCUT2D eigenvalue weighted by molar-refractivity contribution is 5.64. The van der Waals surface area contributed by atoms with Crippen LogP contribution >= 0.6 is 0 Å². The number of ether oxygens (including phenoxy) is 1. The first-order valence-corrected chi connectivity index (χ1v) is 6.53. The van der Waals surface area contributed by atoms with Gasteiger partial charge in [0.2, 0.25) is 0 Å². The van der Waals surface area contributed by atoms with Gasteiger partial charge in [-0.15, -0.1) is 10.2 Å². The lowest BCUT2D eigenvalue weighted by atomic mass is 10.0. The van der Waals surface area contributed by atoms with Gasteiger partial charge in [-0.25, -0.2) is 0 Å². The maximum absolute atomic E-state index is 9.55. The summed E-state index contributed by atoms with van der Waals surface area (Å²) in [6.07, 6.45) is 2.93. The average Bonchev–Trinajstić information content (AvgIpc) is 2.91. The third kappa shape index (κ3) is 2.00. The van der Waals surface area contributed by atoms with Crippen LogP contribution in [0.1, 0.15) is 24.7 Å². The van der Waals surface area contributed by atoms with Gasteiger partial charge >= 0.3 is 0 Å². The van der Waals surface area contributed by atoms with E-state index in [-0.39, 0.29) is 12.6 Å². The van der Waals surface area contributed by atoms with Crippen LogP contribution in [0.15, 0.2) is 24.3 Å². The monoisotopic (exact) mass is 259 g/mol. The van der Waals surface area contributed by atoms with E-state index in [9.17, 15) is 5.11 Å². The first-order valence-electron chi connectivity index (χ1n) is 6.53. The first kappa shape index (κ1) is 12.2. The molecule has 0 spiro atoms. The zero-order valence-electron chi connectivity index (χ0n) is 10.9. The third-order valence-electron chi connectivity index (χ3n) is 3.63. The summed E-state index contributed by atoms with van der Waals surface area (Å²) in [6.45, 7) is 0.118. The Bertz CT molecular complexity index is 580. The van der Waals surface area contributed by atoms with E-state index in [2.05, 4.69) is 14.8 Å². The minimum Gasteiger partial charge on any atom is -0.496 e. The van der Waals surface area contributed by atoms with Crippen molar-refractivity contribution in [2.75, 3.05) is 13.7 Å². The van der Waals surface area contributed by atoms with Crippen molar-refractivity contribution in [2.45, 2.75) is 25.3 Å². The van der Waals surface area contributed by atoms with Crippen molar-refractivity contribution >= 4 is 0 Å². The summed E-state index contributed by atoms with van der Waals surface area (Å²) in [4.78, 5) is 0. The Morgan fingerprint density at radius 3 is 3.00 bits per heavy atom. The van der Waals surface area contributed by atoms with Crippen molar-refractivity contribution in [3.8, 4) is 17.1 Å². The van der Waals surface area contributed by atoms with Gasteiger partial charge in [-0.2, -0.15) is 0 Å². The predicted molar refractivity (Wildman–Crippen MR) is 71.1 cm³/mol. The van der Waals surface area contributed by atoms with Gasteiger partial charge in [-0.1, -0.05) is 12.1 Å². The standard InChI is InChI=1S/C14H17N3O2/c1-19-12-7-3-2-6-11(12)14-16-15-13-8-4-5-10(9-18)17(13)14/h2-3,6-7,10,18H,4-5,8-9H2,1H3. The van der Waals surface area contributed by atoms with E-state index >= 15 is 0 Å². The van der Waals surface area contributed by atoms with Gasteiger partial charge in [0, 0.05) is 6.42 Å². The number of benzene rings is 1. The molecular formula is C14H17N3O2. The molecule has 19 heavy (non-hydrogen) atoms. The molecule has 1 N–H and O–H groups in total. The molecule has 1 unspecified atom stereocenters. The fourth-order valence-corrected chi connectivity index (χ4v) is 2.69. The zero-order chi connectivity index (χ0) is 13.2. The van der Waals surface area contributed by atoms with Crippen molar-refractivity contribution in [1.82, 2.24) is 14.8 Å². The van der Waals surface area contributed by atoms with Crippen LogP contribution in [0.2, 0.25) is 0 Å². The van der Waals surface area contributed by atoms with E-state index in [1.807, 2.05) is 24.3 Å². The summed E-state index contributed by atoms with van der Waals surface area (Å²) in [7, 11) is 1.65. The Morgan fingerprint density at radius 1 is 1.37 bits per heavy atom. The Hall–Kier alpha value is -1.88. The molecule has 1 aromatic heterocycles. The molecule has 0 aliphatic carbocycles. The summed E-state index contributed by atoms with van der Waals surface area (Å²) in [6, 6.07) is 7.83. The van der Waals surface area contributed by atoms with Crippen molar-refractivity contribution in [3.05, 3.63) is 30.1 Å². The van der Waals surface area contributed by atoms with Gasteiger partial charge in [0.25, 0.3) is 0 Å². The molecule has 0 fully saturated rings. The SMILES string of the molecule is COc1ccccc1-c1nnc2n1C(CO)CCC2. The van der Waals surface area contributed by atoms with Crippen LogP contribution in [0, 0.1) is 0 Å². The number of aliphatic hydroxyl groups is 1. The highest BCUT2D eigenvalue weighted by Crippen LogP contribution is 2.33. The topological polar surface area (TPSA) is 60.2 Å². The van der Waals surface area contributed by atoms with Crippen molar-refractivity contribution < 1.29 is 9.84 Å². The summed E-state index contributed by atoms with van der Waals surface area (Å²) >= 11 is 0. The van der Waals surface area contributed by atoms with Crippen molar-refractivity contribution in [3.63, 3.8) is 0 Å². The molecule has 5 heteroatoms. The van der Waals surface area contributed by atoms with E-state index in [1.165, 1.54) is 0 Å². The number of nitrogens with zero attached hydrogens (tertiary/aromatic N) is 3. The van der Waals surface area contributed by atoms with Gasteiger partial charge in [-0.05, 0) is 25.0 Å². The van der Waals surface area contributed by atoms with E-state index in [0.29, 0.717) is 0 Å². The fraction of sp³-hybridized carbons (Fsp3) is 0.429. The van der Waals surface area contributed by atoms with Crippen LogP contribution in [0.25, 0.3) is 11.4 Å². The van der Waals surface area contributed by atoms with Crippen LogP contribution in [0.4, 0.5) is 0 Å². The minimum absolute atomic E-state index is 0.0682. The number of para-hydroxylation sites is 1. The van der Waals surface area contributed by atoms with Gasteiger partial charge in [0.05, 0.1) is 25.3 Å². The lowest BCUT2D eigenvalue weighted by Crippen LogP contribution is -2.21. The molecule has 100 valence electrons. The van der Waals surface area contributed by atoms with Crippen molar-refractivity contribution in [2.24, 2.45) is 0 Å². The molecule has 0 saturated carbocycles. The molecule has 0 radical (unpaired) electrons. The smallest absolute Gasteiger partial charge is 0.168 e. The molecule has 1 aromatic carbocycles. The summed E-state index contributed by atoms with van der Waals surface area (Å²) in [5, 5.41) is 18.1. The van der Waals surface area contributed by atoms with Crippen LogP contribution in [-0.4, -0.2) is 33.6 Å². The summed E-state index contributed by atoms with van der Waals surface area (Å²) < 4.78 is 7.44. The molecule has 1 aliphatic heterocycles. The number of fused-ring (bicyclic) bond motifs is 1. The Kier molecular flexibility index (Phi) is 3.21. The molecule has 2 heterocycles. The number of hydrogen-bond acceptors (Lipinski definition) is 4. The lowest BCUT2D eigenvalue weighted by molar-refractivity contribution is 0.207. The van der Waals surface area contributed by atoms with E-state index in [1.54, 1.807) is 7.11 Å². The number of methoxy groups -OCH3 is 1. The molecular weight excluding hydrogens is 242 g/mol. The number of aryl methyl sites for hydroxylation is 1. The van der Waals surface area contributed by atoms with Crippen LogP contribution in [0.3, 0.4) is 0 Å². The fourth-order valence-electron chi connectivity index (χ4n) is 2.69. The van der Waals surface area contributed by atoms with Crippen molar-refractivity contribution in [1.29, 1.82) is 0 Å². The molecule has 0 saturated heterocycles. The van der Waals surface area contributed by atoms with Crippen LogP contribution < -0.4 is 4.74 Å². The third-order valence-corrected chi connectivity index (χ3v) is 3.63. The minimum atomic E-state index is 0.0682. The molecule has 1 aliphatic rings. The highest BCUT2D eigenvalue weighted by Gasteiger charge is 2.25. The summed E-state index contributed by atoms with van der Waals surface area (Å²) in [5.41, 5.74) is 0.920. The molecule has 3 rings (SSSR count). The van der Waals surface area contributed by atoms with Crippen LogP contribution in [-0.2, 0) is 6.42 Å². The second-order valence-corrected chi connectivity index (χ2v) is 4.74. The number of hydrogen-bond donors (Lipinski definition) is 1. The Labute approximate surface area is 111 Å². The quantitative estimate of drug-likeness (QED) is 0.913. The maximum atomic E-state index is 9.55. The van der Waals surface area contributed by atoms with Gasteiger partial charge < -0.3 is 14.4 Å². The van der Waals surface area contributed by atoms with Gasteiger partial charge in [0.1, 0.15) is 11.6 Å². The Morgan fingerprint density at radius 2 is 2.21 bits per heavy atom. The molecule has 5 nitrogen and oxygen atoms in total. The normalized spacial score (nSPS) is 18.1. The average molecular weight is 259 g/mol. The lowest BCUT2D eigenvalue weighted by Gasteiger charge is -2.24. The number of rotatable bonds is 3. The second kappa shape index (κ2) is 5.01. The van der Waals surface area contributed by atoms with E-state index in [0.717, 1.165) is 42.2 Å². The second-order valence-electron chi connectivity index (χ2n) is 4.74. The predicted octanol–water partition coefficient (Wildman–Crippen LogP) is 1.82. The largest absolute Gasteiger partial charge is 0.496 e. The first-order chi connectivity index (χ1) is 9.35. The maximum Gasteiger partial charge on any atom is 0.168 e. The van der Waals surface area contributed by atoms with Gasteiger partial charge in [0.15, 0.2) is 5.82 Å². The highest BCUT2D eigenvalue weighted by atomic mass is 16.5. The number of aliphatic hydroxyl groups excluding tert-OH is 1. The van der Waals surface area contributed by atoms with Crippen LogP contribution in [0.5, 0.6) is 5.75 Å². The molecule has 2 aromatic rings. The molecule has 0 bridgehead atoms. The Balaban J connectivity index is 2.14. The van der Waals surface area contributed by atoms with Gasteiger partial charge in [-0.3, -0.25) is 0 Å².